The lowest BCUT2D eigenvalue weighted by molar-refractivity contribution is -0.151. The topological polar surface area (TPSA) is 65.7 Å². The van der Waals surface area contributed by atoms with Crippen LogP contribution in [-0.2, 0) is 22.4 Å². The first-order chi connectivity index (χ1) is 11.6. The highest BCUT2D eigenvalue weighted by Gasteiger charge is 2.20. The zero-order valence-corrected chi connectivity index (χ0v) is 14.1. The molecule has 0 amide bonds. The van der Waals surface area contributed by atoms with E-state index < -0.39 is 12.1 Å². The minimum atomic E-state index is -0.710. The predicted molar refractivity (Wildman–Crippen MR) is 90.5 cm³/mol. The summed E-state index contributed by atoms with van der Waals surface area (Å²) in [5.41, 5.74) is 2.14. The maximum Gasteiger partial charge on any atom is 0.347 e. The van der Waals surface area contributed by atoms with Crippen molar-refractivity contribution in [1.29, 1.82) is 0 Å². The molecule has 128 valence electrons. The maximum absolute atomic E-state index is 12.2. The van der Waals surface area contributed by atoms with Gasteiger partial charge in [0.2, 0.25) is 0 Å². The van der Waals surface area contributed by atoms with Crippen molar-refractivity contribution in [3.05, 3.63) is 39.7 Å². The average molecular weight is 330 g/mol. The Labute approximate surface area is 140 Å². The fraction of sp³-hybridized carbons (Fsp3) is 0.474. The van der Waals surface area contributed by atoms with Gasteiger partial charge in [-0.25, -0.2) is 9.59 Å². The molecular weight excluding hydrogens is 308 g/mol. The van der Waals surface area contributed by atoms with Gasteiger partial charge in [0.1, 0.15) is 11.3 Å². The number of carbonyl (C=O) groups is 1. The van der Waals surface area contributed by atoms with Crippen LogP contribution in [0.3, 0.4) is 0 Å². The van der Waals surface area contributed by atoms with Crippen molar-refractivity contribution >= 4 is 16.9 Å². The molecule has 0 aliphatic heterocycles. The summed E-state index contributed by atoms with van der Waals surface area (Å²) in [6.45, 7) is 3.96. The molecule has 5 heteroatoms. The van der Waals surface area contributed by atoms with Gasteiger partial charge in [-0.1, -0.05) is 6.92 Å². The third-order valence-electron chi connectivity index (χ3n) is 4.29. The molecule has 0 fully saturated rings. The number of aryl methyl sites for hydroxylation is 1. The van der Waals surface area contributed by atoms with E-state index in [0.29, 0.717) is 17.9 Å². The number of hydrogen-bond acceptors (Lipinski definition) is 5. The van der Waals surface area contributed by atoms with Crippen molar-refractivity contribution in [3.63, 3.8) is 0 Å². The SMILES string of the molecule is CCCOC(=O)[C@H](C)Oc1ccc2c3c(c(=O)oc2c1)CCCC3. The highest BCUT2D eigenvalue weighted by Crippen LogP contribution is 2.29. The summed E-state index contributed by atoms with van der Waals surface area (Å²) in [7, 11) is 0. The zero-order chi connectivity index (χ0) is 17.1. The first-order valence-corrected chi connectivity index (χ1v) is 8.52. The average Bonchev–Trinajstić information content (AvgIpc) is 2.59. The lowest BCUT2D eigenvalue weighted by Gasteiger charge is -2.17. The van der Waals surface area contributed by atoms with Crippen LogP contribution in [0.4, 0.5) is 0 Å². The molecule has 0 spiro atoms. The second-order valence-electron chi connectivity index (χ2n) is 6.14. The lowest BCUT2D eigenvalue weighted by atomic mass is 9.91. The first-order valence-electron chi connectivity index (χ1n) is 8.52. The number of hydrogen-bond donors (Lipinski definition) is 0. The molecule has 0 radical (unpaired) electrons. The monoisotopic (exact) mass is 330 g/mol. The van der Waals surface area contributed by atoms with Gasteiger partial charge in [0.25, 0.3) is 0 Å². The highest BCUT2D eigenvalue weighted by atomic mass is 16.6. The summed E-state index contributed by atoms with van der Waals surface area (Å²) in [5, 5.41) is 0.956. The molecule has 1 aliphatic carbocycles. The molecule has 1 heterocycles. The van der Waals surface area contributed by atoms with Gasteiger partial charge in [0, 0.05) is 17.0 Å². The van der Waals surface area contributed by atoms with E-state index in [0.717, 1.165) is 48.6 Å². The molecule has 1 atom stereocenters. The van der Waals surface area contributed by atoms with Crippen molar-refractivity contribution in [2.75, 3.05) is 6.61 Å². The minimum absolute atomic E-state index is 0.259. The van der Waals surface area contributed by atoms with Gasteiger partial charge in [-0.05, 0) is 56.7 Å². The molecule has 0 N–H and O–H groups in total. The maximum atomic E-state index is 12.2. The van der Waals surface area contributed by atoms with Crippen LogP contribution in [-0.4, -0.2) is 18.7 Å². The van der Waals surface area contributed by atoms with Gasteiger partial charge in [0.05, 0.1) is 6.61 Å². The Morgan fingerprint density at radius 2 is 2.00 bits per heavy atom. The predicted octanol–water partition coefficient (Wildman–Crippen LogP) is 3.39. The Kier molecular flexibility index (Phi) is 4.88. The number of carbonyl (C=O) groups excluding carboxylic acids is 1. The molecule has 0 unspecified atom stereocenters. The van der Waals surface area contributed by atoms with E-state index in [-0.39, 0.29) is 5.63 Å². The molecule has 2 aromatic rings. The number of ether oxygens (including phenoxy) is 2. The van der Waals surface area contributed by atoms with E-state index in [2.05, 4.69) is 0 Å². The van der Waals surface area contributed by atoms with Crippen molar-refractivity contribution < 1.29 is 18.7 Å². The van der Waals surface area contributed by atoms with Gasteiger partial charge < -0.3 is 13.9 Å². The second-order valence-corrected chi connectivity index (χ2v) is 6.14. The Bertz CT molecular complexity index is 805. The van der Waals surface area contributed by atoms with E-state index in [1.807, 2.05) is 13.0 Å². The molecular formula is C19H22O5. The molecule has 0 bridgehead atoms. The van der Waals surface area contributed by atoms with E-state index in [1.54, 1.807) is 19.1 Å². The standard InChI is InChI=1S/C19H22O5/c1-3-10-22-18(20)12(2)23-13-8-9-15-14-6-4-5-7-16(14)19(21)24-17(15)11-13/h8-9,11-12H,3-7,10H2,1-2H3/t12-/m0/s1. The van der Waals surface area contributed by atoms with Crippen molar-refractivity contribution in [1.82, 2.24) is 0 Å². The summed E-state index contributed by atoms with van der Waals surface area (Å²) >= 11 is 0. The van der Waals surface area contributed by atoms with E-state index in [9.17, 15) is 9.59 Å². The third-order valence-corrected chi connectivity index (χ3v) is 4.29. The van der Waals surface area contributed by atoms with Crippen LogP contribution < -0.4 is 10.4 Å². The fourth-order valence-corrected chi connectivity index (χ4v) is 3.07. The Hall–Kier alpha value is -2.30. The molecule has 5 nitrogen and oxygen atoms in total. The highest BCUT2D eigenvalue weighted by molar-refractivity contribution is 5.83. The minimum Gasteiger partial charge on any atom is -0.479 e. The van der Waals surface area contributed by atoms with Gasteiger partial charge in [0.15, 0.2) is 6.10 Å². The number of benzene rings is 1. The van der Waals surface area contributed by atoms with Crippen LogP contribution in [0.5, 0.6) is 5.75 Å². The molecule has 1 aromatic heterocycles. The van der Waals surface area contributed by atoms with Gasteiger partial charge in [-0.2, -0.15) is 0 Å². The number of rotatable bonds is 5. The van der Waals surface area contributed by atoms with E-state index in [1.165, 1.54) is 0 Å². The Balaban J connectivity index is 1.86. The Morgan fingerprint density at radius 3 is 2.75 bits per heavy atom. The van der Waals surface area contributed by atoms with Crippen molar-refractivity contribution in [3.8, 4) is 5.75 Å². The summed E-state index contributed by atoms with van der Waals surface area (Å²) in [6, 6.07) is 5.39. The van der Waals surface area contributed by atoms with Gasteiger partial charge in [-0.15, -0.1) is 0 Å². The quantitative estimate of drug-likeness (QED) is 0.621. The van der Waals surface area contributed by atoms with Crippen LogP contribution in [0.1, 0.15) is 44.2 Å². The number of esters is 1. The van der Waals surface area contributed by atoms with Crippen LogP contribution in [0.15, 0.2) is 27.4 Å². The summed E-state index contributed by atoms with van der Waals surface area (Å²) in [4.78, 5) is 24.0. The molecule has 1 aromatic carbocycles. The molecule has 24 heavy (non-hydrogen) atoms. The van der Waals surface area contributed by atoms with Crippen LogP contribution in [0.2, 0.25) is 0 Å². The molecule has 0 saturated carbocycles. The normalized spacial score (nSPS) is 14.9. The van der Waals surface area contributed by atoms with Gasteiger partial charge >= 0.3 is 11.6 Å². The lowest BCUT2D eigenvalue weighted by Crippen LogP contribution is -2.26. The fourth-order valence-electron chi connectivity index (χ4n) is 3.07. The van der Waals surface area contributed by atoms with E-state index >= 15 is 0 Å². The number of fused-ring (bicyclic) bond motifs is 3. The Morgan fingerprint density at radius 1 is 1.25 bits per heavy atom. The summed E-state index contributed by atoms with van der Waals surface area (Å²) in [6.07, 6.45) is 3.86. The third kappa shape index (κ3) is 3.30. The molecule has 3 rings (SSSR count). The smallest absolute Gasteiger partial charge is 0.347 e. The van der Waals surface area contributed by atoms with Crippen LogP contribution in [0, 0.1) is 0 Å². The second kappa shape index (κ2) is 7.07. The van der Waals surface area contributed by atoms with Crippen LogP contribution >= 0.6 is 0 Å². The summed E-state index contributed by atoms with van der Waals surface area (Å²) in [5.74, 6) is 0.0891. The first kappa shape index (κ1) is 16.6. The zero-order valence-electron chi connectivity index (χ0n) is 14.1. The molecule has 1 aliphatic rings. The van der Waals surface area contributed by atoms with Crippen molar-refractivity contribution in [2.24, 2.45) is 0 Å². The summed E-state index contributed by atoms with van der Waals surface area (Å²) < 4.78 is 16.2. The molecule has 0 saturated heterocycles. The van der Waals surface area contributed by atoms with E-state index in [4.69, 9.17) is 13.9 Å². The van der Waals surface area contributed by atoms with Crippen LogP contribution in [0.25, 0.3) is 11.0 Å². The largest absolute Gasteiger partial charge is 0.479 e. The van der Waals surface area contributed by atoms with Crippen molar-refractivity contribution in [2.45, 2.75) is 52.1 Å². The van der Waals surface area contributed by atoms with Gasteiger partial charge in [-0.3, -0.25) is 0 Å².